The van der Waals surface area contributed by atoms with Crippen LogP contribution in [0.15, 0.2) is 36.4 Å². The van der Waals surface area contributed by atoms with Gasteiger partial charge in [-0.2, -0.15) is 0 Å². The molecule has 1 atom stereocenters. The summed E-state index contributed by atoms with van der Waals surface area (Å²) in [6.07, 6.45) is 0.0118. The number of anilines is 1. The van der Waals surface area contributed by atoms with Gasteiger partial charge in [-0.05, 0) is 49.6 Å². The molecular weight excluding hydrogens is 318 g/mol. The van der Waals surface area contributed by atoms with Crippen molar-refractivity contribution >= 4 is 11.6 Å². The first-order valence-corrected chi connectivity index (χ1v) is 8.51. The number of nitrogens with one attached hydrogen (secondary N) is 1. The summed E-state index contributed by atoms with van der Waals surface area (Å²) < 4.78 is 17.0. The molecule has 1 aliphatic rings. The number of ether oxygens (including phenoxy) is 3. The van der Waals surface area contributed by atoms with Crippen molar-refractivity contribution in [3.63, 3.8) is 0 Å². The zero-order chi connectivity index (χ0) is 17.8. The van der Waals surface area contributed by atoms with Gasteiger partial charge >= 0.3 is 0 Å². The van der Waals surface area contributed by atoms with Gasteiger partial charge in [0, 0.05) is 11.8 Å². The Morgan fingerprint density at radius 1 is 1.12 bits per heavy atom. The molecule has 1 N–H and O–H groups in total. The Labute approximate surface area is 147 Å². The Balaban J connectivity index is 1.71. The van der Waals surface area contributed by atoms with E-state index in [0.717, 1.165) is 16.9 Å². The van der Waals surface area contributed by atoms with Crippen LogP contribution in [0.3, 0.4) is 0 Å². The van der Waals surface area contributed by atoms with Gasteiger partial charge < -0.3 is 19.5 Å². The highest BCUT2D eigenvalue weighted by Crippen LogP contribution is 2.32. The molecule has 0 aromatic heterocycles. The van der Waals surface area contributed by atoms with Crippen LogP contribution in [0.5, 0.6) is 17.2 Å². The van der Waals surface area contributed by atoms with E-state index >= 15 is 0 Å². The summed E-state index contributed by atoms with van der Waals surface area (Å²) in [5.74, 6) is 1.90. The van der Waals surface area contributed by atoms with Gasteiger partial charge in [0.1, 0.15) is 19.0 Å². The van der Waals surface area contributed by atoms with Crippen LogP contribution in [-0.4, -0.2) is 25.2 Å². The summed E-state index contributed by atoms with van der Waals surface area (Å²) in [6, 6.07) is 11.4. The Hall–Kier alpha value is -2.69. The number of aryl methyl sites for hydroxylation is 2. The number of carbonyl (C=O) groups is 1. The van der Waals surface area contributed by atoms with E-state index in [1.165, 1.54) is 0 Å². The fourth-order valence-corrected chi connectivity index (χ4v) is 2.65. The van der Waals surface area contributed by atoms with E-state index in [9.17, 15) is 4.79 Å². The molecule has 0 aliphatic carbocycles. The van der Waals surface area contributed by atoms with Crippen LogP contribution in [-0.2, 0) is 4.79 Å². The van der Waals surface area contributed by atoms with Crippen molar-refractivity contribution in [1.29, 1.82) is 0 Å². The van der Waals surface area contributed by atoms with Crippen molar-refractivity contribution in [1.82, 2.24) is 0 Å². The third-order valence-electron chi connectivity index (χ3n) is 4.09. The van der Waals surface area contributed by atoms with E-state index in [2.05, 4.69) is 5.32 Å². The van der Waals surface area contributed by atoms with Crippen LogP contribution in [0, 0.1) is 13.8 Å². The zero-order valence-corrected chi connectivity index (χ0v) is 14.8. The van der Waals surface area contributed by atoms with Crippen LogP contribution >= 0.6 is 0 Å². The fourth-order valence-electron chi connectivity index (χ4n) is 2.65. The minimum absolute atomic E-state index is 0.180. The summed E-state index contributed by atoms with van der Waals surface area (Å²) in [5.41, 5.74) is 2.77. The van der Waals surface area contributed by atoms with Crippen molar-refractivity contribution in [2.75, 3.05) is 18.5 Å². The van der Waals surface area contributed by atoms with Gasteiger partial charge in [-0.25, -0.2) is 0 Å². The van der Waals surface area contributed by atoms with Gasteiger partial charge in [0.25, 0.3) is 5.91 Å². The first-order chi connectivity index (χ1) is 12.1. The Kier molecular flexibility index (Phi) is 5.12. The molecule has 0 fully saturated rings. The van der Waals surface area contributed by atoms with Crippen molar-refractivity contribution in [2.45, 2.75) is 33.3 Å². The maximum atomic E-state index is 12.6. The predicted molar refractivity (Wildman–Crippen MR) is 96.7 cm³/mol. The van der Waals surface area contributed by atoms with Crippen LogP contribution in [0.2, 0.25) is 0 Å². The fraction of sp³-hybridized carbons (Fsp3) is 0.350. The first kappa shape index (κ1) is 17.1. The second-order valence-corrected chi connectivity index (χ2v) is 6.13. The molecule has 0 saturated heterocycles. The largest absolute Gasteiger partial charge is 0.486 e. The van der Waals surface area contributed by atoms with Crippen molar-refractivity contribution in [3.05, 3.63) is 47.5 Å². The smallest absolute Gasteiger partial charge is 0.265 e. The van der Waals surface area contributed by atoms with Crippen molar-refractivity contribution < 1.29 is 19.0 Å². The average molecular weight is 341 g/mol. The number of fused-ring (bicyclic) bond motifs is 1. The molecule has 1 unspecified atom stereocenters. The number of carbonyl (C=O) groups excluding carboxylic acids is 1. The van der Waals surface area contributed by atoms with E-state index in [1.54, 1.807) is 18.2 Å². The Morgan fingerprint density at radius 2 is 1.88 bits per heavy atom. The van der Waals surface area contributed by atoms with Gasteiger partial charge in [0.05, 0.1) is 0 Å². The zero-order valence-electron chi connectivity index (χ0n) is 14.8. The standard InChI is InChI=1S/C20H23NO4/c1-4-16(25-18-11-13(2)5-6-14(18)3)20(22)21-15-7-8-17-19(12-15)24-10-9-23-17/h5-8,11-12,16H,4,9-10H2,1-3H3,(H,21,22). The highest BCUT2D eigenvalue weighted by molar-refractivity contribution is 5.94. The van der Waals surface area contributed by atoms with Crippen LogP contribution in [0.4, 0.5) is 5.69 Å². The van der Waals surface area contributed by atoms with E-state index in [0.29, 0.717) is 36.8 Å². The molecule has 5 heteroatoms. The topological polar surface area (TPSA) is 56.8 Å². The molecule has 1 amide bonds. The number of benzene rings is 2. The van der Waals surface area contributed by atoms with Crippen LogP contribution in [0.25, 0.3) is 0 Å². The summed E-state index contributed by atoms with van der Waals surface area (Å²) in [6.45, 7) is 6.96. The van der Waals surface area contributed by atoms with E-state index in [4.69, 9.17) is 14.2 Å². The van der Waals surface area contributed by atoms with Gasteiger partial charge in [-0.3, -0.25) is 4.79 Å². The lowest BCUT2D eigenvalue weighted by molar-refractivity contribution is -0.122. The maximum Gasteiger partial charge on any atom is 0.265 e. The number of hydrogen-bond acceptors (Lipinski definition) is 4. The lowest BCUT2D eigenvalue weighted by Gasteiger charge is -2.21. The highest BCUT2D eigenvalue weighted by atomic mass is 16.6. The summed E-state index contributed by atoms with van der Waals surface area (Å²) in [5, 5.41) is 2.90. The van der Waals surface area contributed by atoms with E-state index < -0.39 is 6.10 Å². The molecule has 0 spiro atoms. The molecule has 0 bridgehead atoms. The predicted octanol–water partition coefficient (Wildman–Crippen LogP) is 3.87. The minimum Gasteiger partial charge on any atom is -0.486 e. The second kappa shape index (κ2) is 7.47. The van der Waals surface area contributed by atoms with Gasteiger partial charge in [0.15, 0.2) is 17.6 Å². The van der Waals surface area contributed by atoms with Crippen LogP contribution < -0.4 is 19.5 Å². The van der Waals surface area contributed by atoms with Crippen molar-refractivity contribution in [2.24, 2.45) is 0 Å². The summed E-state index contributed by atoms with van der Waals surface area (Å²) >= 11 is 0. The Morgan fingerprint density at radius 3 is 2.64 bits per heavy atom. The van der Waals surface area contributed by atoms with Crippen molar-refractivity contribution in [3.8, 4) is 17.2 Å². The Bertz CT molecular complexity index is 772. The SMILES string of the molecule is CCC(Oc1cc(C)ccc1C)C(=O)Nc1ccc2c(c1)OCCO2. The quantitative estimate of drug-likeness (QED) is 0.897. The number of hydrogen-bond donors (Lipinski definition) is 1. The second-order valence-electron chi connectivity index (χ2n) is 6.13. The summed E-state index contributed by atoms with van der Waals surface area (Å²) in [7, 11) is 0. The van der Waals surface area contributed by atoms with Gasteiger partial charge in [-0.1, -0.05) is 19.1 Å². The summed E-state index contributed by atoms with van der Waals surface area (Å²) in [4.78, 5) is 12.6. The number of rotatable bonds is 5. The van der Waals surface area contributed by atoms with Gasteiger partial charge in [-0.15, -0.1) is 0 Å². The molecule has 1 heterocycles. The highest BCUT2D eigenvalue weighted by Gasteiger charge is 2.20. The van der Waals surface area contributed by atoms with Crippen LogP contribution in [0.1, 0.15) is 24.5 Å². The lowest BCUT2D eigenvalue weighted by atomic mass is 10.1. The molecule has 132 valence electrons. The average Bonchev–Trinajstić information content (AvgIpc) is 2.62. The molecule has 1 aliphatic heterocycles. The third kappa shape index (κ3) is 4.05. The van der Waals surface area contributed by atoms with E-state index in [-0.39, 0.29) is 5.91 Å². The molecule has 5 nitrogen and oxygen atoms in total. The molecule has 0 saturated carbocycles. The maximum absolute atomic E-state index is 12.6. The minimum atomic E-state index is -0.561. The first-order valence-electron chi connectivity index (χ1n) is 8.51. The molecular formula is C20H23NO4. The molecule has 3 rings (SSSR count). The molecule has 2 aromatic carbocycles. The molecule has 0 radical (unpaired) electrons. The monoisotopic (exact) mass is 341 g/mol. The number of amides is 1. The normalized spacial score (nSPS) is 13.9. The molecule has 25 heavy (non-hydrogen) atoms. The lowest BCUT2D eigenvalue weighted by Crippen LogP contribution is -2.32. The van der Waals surface area contributed by atoms with Gasteiger partial charge in [0.2, 0.25) is 0 Å². The molecule has 2 aromatic rings. The van der Waals surface area contributed by atoms with E-state index in [1.807, 2.05) is 39.0 Å². The third-order valence-corrected chi connectivity index (χ3v) is 4.09.